The van der Waals surface area contributed by atoms with Crippen LogP contribution in [0.1, 0.15) is 59.4 Å². The molecular formula is C27H41N3O7. The molecule has 0 saturated heterocycles. The Kier molecular flexibility index (Phi) is 10.9. The van der Waals surface area contributed by atoms with Crippen molar-refractivity contribution in [3.8, 4) is 0 Å². The third-order valence-electron chi connectivity index (χ3n) is 6.25. The second kappa shape index (κ2) is 13.4. The number of hydrogen-bond donors (Lipinski definition) is 4. The number of aliphatic hydroxyl groups is 1. The van der Waals surface area contributed by atoms with E-state index < -0.39 is 47.8 Å². The molecule has 0 aliphatic heterocycles. The quantitative estimate of drug-likeness (QED) is 0.347. The Labute approximate surface area is 218 Å². The molecule has 1 fully saturated rings. The van der Waals surface area contributed by atoms with Crippen LogP contribution in [0.5, 0.6) is 0 Å². The van der Waals surface area contributed by atoms with Crippen molar-refractivity contribution >= 4 is 23.9 Å². The zero-order chi connectivity index (χ0) is 27.8. The number of amides is 3. The minimum Gasteiger partial charge on any atom is -0.467 e. The number of aliphatic hydroxyl groups excluding tert-OH is 1. The lowest BCUT2D eigenvalue weighted by Crippen LogP contribution is -2.53. The predicted molar refractivity (Wildman–Crippen MR) is 137 cm³/mol. The molecule has 206 valence electrons. The maximum Gasteiger partial charge on any atom is 0.408 e. The Morgan fingerprint density at radius 3 is 2.27 bits per heavy atom. The summed E-state index contributed by atoms with van der Waals surface area (Å²) in [5.74, 6) is -1.89. The van der Waals surface area contributed by atoms with E-state index in [9.17, 15) is 24.3 Å². The van der Waals surface area contributed by atoms with Crippen LogP contribution in [0.3, 0.4) is 0 Å². The molecule has 10 nitrogen and oxygen atoms in total. The van der Waals surface area contributed by atoms with Crippen molar-refractivity contribution in [2.24, 2.45) is 11.8 Å². The highest BCUT2D eigenvalue weighted by Crippen LogP contribution is 2.29. The molecule has 1 aromatic carbocycles. The highest BCUT2D eigenvalue weighted by Gasteiger charge is 2.38. The fourth-order valence-electron chi connectivity index (χ4n) is 4.33. The molecule has 5 atom stereocenters. The van der Waals surface area contributed by atoms with Gasteiger partial charge in [0.25, 0.3) is 0 Å². The van der Waals surface area contributed by atoms with Gasteiger partial charge in [-0.1, -0.05) is 44.2 Å². The van der Waals surface area contributed by atoms with Gasteiger partial charge in [0.05, 0.1) is 19.3 Å². The first kappa shape index (κ1) is 30.1. The molecule has 1 aliphatic rings. The van der Waals surface area contributed by atoms with Crippen LogP contribution < -0.4 is 16.0 Å². The van der Waals surface area contributed by atoms with Gasteiger partial charge in [0, 0.05) is 12.8 Å². The van der Waals surface area contributed by atoms with Crippen molar-refractivity contribution in [3.05, 3.63) is 35.9 Å². The van der Waals surface area contributed by atoms with E-state index in [1.165, 1.54) is 7.11 Å². The highest BCUT2D eigenvalue weighted by molar-refractivity contribution is 5.86. The number of rotatable bonds is 10. The summed E-state index contributed by atoms with van der Waals surface area (Å²) in [6.45, 7) is 8.81. The van der Waals surface area contributed by atoms with Crippen molar-refractivity contribution in [1.29, 1.82) is 0 Å². The van der Waals surface area contributed by atoms with Crippen molar-refractivity contribution in [1.82, 2.24) is 16.0 Å². The first-order valence-corrected chi connectivity index (χ1v) is 12.7. The number of esters is 1. The second-order valence-corrected chi connectivity index (χ2v) is 10.8. The largest absolute Gasteiger partial charge is 0.467 e. The summed E-state index contributed by atoms with van der Waals surface area (Å²) >= 11 is 0. The molecule has 0 heterocycles. The molecule has 1 aliphatic carbocycles. The van der Waals surface area contributed by atoms with Gasteiger partial charge >= 0.3 is 12.1 Å². The Morgan fingerprint density at radius 2 is 1.70 bits per heavy atom. The topological polar surface area (TPSA) is 143 Å². The summed E-state index contributed by atoms with van der Waals surface area (Å²) in [7, 11) is 1.26. The van der Waals surface area contributed by atoms with Gasteiger partial charge in [-0.15, -0.1) is 0 Å². The van der Waals surface area contributed by atoms with Gasteiger partial charge in [0.2, 0.25) is 11.8 Å². The van der Waals surface area contributed by atoms with E-state index in [1.54, 1.807) is 34.6 Å². The van der Waals surface area contributed by atoms with Gasteiger partial charge < -0.3 is 30.5 Å². The lowest BCUT2D eigenvalue weighted by Gasteiger charge is -2.26. The number of carbonyl (C=O) groups is 4. The van der Waals surface area contributed by atoms with E-state index >= 15 is 0 Å². The smallest absolute Gasteiger partial charge is 0.408 e. The first-order valence-electron chi connectivity index (χ1n) is 12.7. The Balaban J connectivity index is 2.01. The van der Waals surface area contributed by atoms with E-state index in [2.05, 4.69) is 16.0 Å². The fraction of sp³-hybridized carbons (Fsp3) is 0.630. The van der Waals surface area contributed by atoms with Crippen molar-refractivity contribution in [2.75, 3.05) is 7.11 Å². The maximum atomic E-state index is 13.2. The summed E-state index contributed by atoms with van der Waals surface area (Å²) < 4.78 is 10.1. The van der Waals surface area contributed by atoms with Gasteiger partial charge in [-0.2, -0.15) is 0 Å². The summed E-state index contributed by atoms with van der Waals surface area (Å²) in [4.78, 5) is 50.1. The van der Waals surface area contributed by atoms with E-state index in [-0.39, 0.29) is 30.6 Å². The van der Waals surface area contributed by atoms with Crippen LogP contribution in [0.2, 0.25) is 0 Å². The molecule has 4 N–H and O–H groups in total. The predicted octanol–water partition coefficient (Wildman–Crippen LogP) is 2.08. The molecule has 10 heteroatoms. The highest BCUT2D eigenvalue weighted by atomic mass is 16.6. The van der Waals surface area contributed by atoms with Gasteiger partial charge in [-0.25, -0.2) is 9.59 Å². The summed E-state index contributed by atoms with van der Waals surface area (Å²) in [6, 6.07) is 6.99. The van der Waals surface area contributed by atoms with E-state index in [0.717, 1.165) is 5.56 Å². The zero-order valence-electron chi connectivity index (χ0n) is 22.6. The Morgan fingerprint density at radius 1 is 1.05 bits per heavy atom. The number of carbonyl (C=O) groups excluding carboxylic acids is 4. The minimum absolute atomic E-state index is 0.0113. The molecule has 37 heavy (non-hydrogen) atoms. The van der Waals surface area contributed by atoms with Gasteiger partial charge in [-0.05, 0) is 51.0 Å². The van der Waals surface area contributed by atoms with Gasteiger partial charge in [0.15, 0.2) is 0 Å². The molecule has 1 aromatic rings. The third kappa shape index (κ3) is 9.68. The molecule has 3 amide bonds. The first-order chi connectivity index (χ1) is 17.3. The van der Waals surface area contributed by atoms with Crippen LogP contribution in [0.15, 0.2) is 30.3 Å². The Bertz CT molecular complexity index is 930. The number of benzene rings is 1. The molecule has 1 saturated carbocycles. The van der Waals surface area contributed by atoms with Crippen LogP contribution in [0.25, 0.3) is 0 Å². The van der Waals surface area contributed by atoms with E-state index in [4.69, 9.17) is 9.47 Å². The molecule has 0 bridgehead atoms. The number of methoxy groups -OCH3 is 1. The fourth-order valence-corrected chi connectivity index (χ4v) is 4.33. The summed E-state index contributed by atoms with van der Waals surface area (Å²) in [5, 5.41) is 19.0. The SMILES string of the molecule is COC(=O)[C@@H](NC(=O)C[C@H]1CC[C@@H](NC(=O)[C@H](Cc2ccccc2)NC(=O)OC(C)(C)C)[C@@H]1O)C(C)C. The lowest BCUT2D eigenvalue weighted by molar-refractivity contribution is -0.146. The average molecular weight is 520 g/mol. The number of ether oxygens (including phenoxy) is 2. The molecule has 2 rings (SSSR count). The minimum atomic E-state index is -0.954. The van der Waals surface area contributed by atoms with E-state index in [0.29, 0.717) is 12.8 Å². The molecular weight excluding hydrogens is 478 g/mol. The molecule has 0 spiro atoms. The molecule has 0 unspecified atom stereocenters. The summed E-state index contributed by atoms with van der Waals surface area (Å²) in [5.41, 5.74) is 0.126. The van der Waals surface area contributed by atoms with E-state index in [1.807, 2.05) is 30.3 Å². The lowest BCUT2D eigenvalue weighted by atomic mass is 9.98. The number of hydrogen-bond acceptors (Lipinski definition) is 7. The van der Waals surface area contributed by atoms with Gasteiger partial charge in [-0.3, -0.25) is 9.59 Å². The zero-order valence-corrected chi connectivity index (χ0v) is 22.6. The maximum absolute atomic E-state index is 13.2. The third-order valence-corrected chi connectivity index (χ3v) is 6.25. The number of alkyl carbamates (subject to hydrolysis) is 1. The summed E-state index contributed by atoms with van der Waals surface area (Å²) in [6.07, 6.45) is -0.422. The van der Waals surface area contributed by atoms with Crippen LogP contribution in [-0.4, -0.2) is 65.9 Å². The number of nitrogens with one attached hydrogen (secondary N) is 3. The van der Waals surface area contributed by atoms with Crippen LogP contribution in [-0.2, 0) is 30.3 Å². The molecule has 0 aromatic heterocycles. The Hall–Kier alpha value is -3.14. The monoisotopic (exact) mass is 519 g/mol. The average Bonchev–Trinajstić information content (AvgIpc) is 3.14. The van der Waals surface area contributed by atoms with Crippen molar-refractivity contribution < 1.29 is 33.8 Å². The van der Waals surface area contributed by atoms with Crippen LogP contribution in [0, 0.1) is 11.8 Å². The second-order valence-electron chi connectivity index (χ2n) is 10.8. The van der Waals surface area contributed by atoms with Crippen molar-refractivity contribution in [2.45, 2.75) is 90.1 Å². The van der Waals surface area contributed by atoms with Crippen molar-refractivity contribution in [3.63, 3.8) is 0 Å². The van der Waals surface area contributed by atoms with Crippen LogP contribution in [0.4, 0.5) is 4.79 Å². The normalized spacial score (nSPS) is 21.0. The van der Waals surface area contributed by atoms with Gasteiger partial charge in [0.1, 0.15) is 17.7 Å². The standard InChI is InChI=1S/C27H41N3O7/c1-16(2)22(25(34)36-6)30-21(31)15-18-12-13-19(23(18)32)28-24(33)20(14-17-10-8-7-9-11-17)29-26(35)37-27(3,4)5/h7-11,16,18-20,22-23,32H,12-15H2,1-6H3,(H,28,33)(H,29,35)(H,30,31)/t18-,19-,20+,22+,23-/m1/s1. The molecule has 0 radical (unpaired) electrons. The van der Waals surface area contributed by atoms with Crippen LogP contribution >= 0.6 is 0 Å².